The van der Waals surface area contributed by atoms with E-state index in [4.69, 9.17) is 9.47 Å². The zero-order chi connectivity index (χ0) is 13.5. The summed E-state index contributed by atoms with van der Waals surface area (Å²) in [6.45, 7) is 13.4. The van der Waals surface area contributed by atoms with E-state index in [9.17, 15) is 0 Å². The van der Waals surface area contributed by atoms with E-state index < -0.39 is 0 Å². The molecule has 0 saturated carbocycles. The van der Waals surface area contributed by atoms with Crippen molar-refractivity contribution in [1.82, 2.24) is 9.80 Å². The highest BCUT2D eigenvalue weighted by Crippen LogP contribution is 2.39. The van der Waals surface area contributed by atoms with Gasteiger partial charge in [-0.1, -0.05) is 0 Å². The van der Waals surface area contributed by atoms with Crippen LogP contribution in [0, 0.1) is 5.41 Å². The van der Waals surface area contributed by atoms with Crippen molar-refractivity contribution in [2.24, 2.45) is 5.41 Å². The quantitative estimate of drug-likeness (QED) is 0.772. The molecule has 0 aromatic rings. The topological polar surface area (TPSA) is 24.9 Å². The van der Waals surface area contributed by atoms with Crippen molar-refractivity contribution in [2.45, 2.75) is 51.9 Å². The fourth-order valence-corrected chi connectivity index (χ4v) is 3.64. The molecule has 3 rings (SSSR count). The van der Waals surface area contributed by atoms with E-state index >= 15 is 0 Å². The molecule has 3 saturated heterocycles. The summed E-state index contributed by atoms with van der Waals surface area (Å²) >= 11 is 0. The number of rotatable bonds is 4. The molecule has 2 atom stereocenters. The van der Waals surface area contributed by atoms with Gasteiger partial charge in [0, 0.05) is 50.2 Å². The molecule has 3 aliphatic heterocycles. The Labute approximate surface area is 117 Å². The second-order valence-corrected chi connectivity index (χ2v) is 6.99. The first-order valence-electron chi connectivity index (χ1n) is 7.79. The van der Waals surface area contributed by atoms with Gasteiger partial charge < -0.3 is 9.47 Å². The highest BCUT2D eigenvalue weighted by Gasteiger charge is 2.50. The Hall–Kier alpha value is -0.160. The summed E-state index contributed by atoms with van der Waals surface area (Å²) in [6, 6.07) is 1.20. The lowest BCUT2D eigenvalue weighted by molar-refractivity contribution is -0.203. The number of hydrogen-bond acceptors (Lipinski definition) is 4. The van der Waals surface area contributed by atoms with Crippen molar-refractivity contribution in [3.63, 3.8) is 0 Å². The van der Waals surface area contributed by atoms with Gasteiger partial charge in [-0.25, -0.2) is 0 Å². The Kier molecular flexibility index (Phi) is 3.87. The van der Waals surface area contributed by atoms with Gasteiger partial charge in [0.2, 0.25) is 0 Å². The molecule has 0 aromatic heterocycles. The second kappa shape index (κ2) is 5.32. The monoisotopic (exact) mass is 268 g/mol. The molecule has 110 valence electrons. The van der Waals surface area contributed by atoms with Crippen molar-refractivity contribution >= 4 is 0 Å². The van der Waals surface area contributed by atoms with Gasteiger partial charge in [0.1, 0.15) is 6.23 Å². The molecule has 0 amide bonds. The molecule has 2 unspecified atom stereocenters. The fraction of sp³-hybridized carbons (Fsp3) is 1.00. The van der Waals surface area contributed by atoms with E-state index in [0.717, 1.165) is 26.2 Å². The number of nitrogens with zero attached hydrogens (tertiary/aromatic N) is 2. The maximum atomic E-state index is 6.01. The van der Waals surface area contributed by atoms with Crippen molar-refractivity contribution < 1.29 is 9.47 Å². The van der Waals surface area contributed by atoms with Crippen LogP contribution in [0.5, 0.6) is 0 Å². The molecule has 0 aromatic carbocycles. The number of ether oxygens (including phenoxy) is 2. The van der Waals surface area contributed by atoms with Gasteiger partial charge in [0.15, 0.2) is 0 Å². The molecule has 0 N–H and O–H groups in total. The summed E-state index contributed by atoms with van der Waals surface area (Å²) < 4.78 is 11.4. The predicted molar refractivity (Wildman–Crippen MR) is 75.1 cm³/mol. The second-order valence-electron chi connectivity index (χ2n) is 6.99. The van der Waals surface area contributed by atoms with E-state index in [-0.39, 0.29) is 0 Å². The lowest BCUT2D eigenvalue weighted by atomic mass is 9.77. The molecule has 0 radical (unpaired) electrons. The van der Waals surface area contributed by atoms with Crippen LogP contribution in [-0.2, 0) is 9.47 Å². The SMILES string of the molecule is CC(CC1OCCCN1C(C)C)N1CC2(COC2)C1. The first-order chi connectivity index (χ1) is 9.10. The maximum absolute atomic E-state index is 6.01. The Bertz CT molecular complexity index is 309. The normalized spacial score (nSPS) is 33.2. The highest BCUT2D eigenvalue weighted by atomic mass is 16.5. The number of hydrogen-bond donors (Lipinski definition) is 0. The van der Waals surface area contributed by atoms with Gasteiger partial charge in [0.05, 0.1) is 13.2 Å². The average molecular weight is 268 g/mol. The van der Waals surface area contributed by atoms with E-state index in [0.29, 0.717) is 23.7 Å². The van der Waals surface area contributed by atoms with Gasteiger partial charge in [-0.2, -0.15) is 0 Å². The van der Waals surface area contributed by atoms with Crippen LogP contribution < -0.4 is 0 Å². The Morgan fingerprint density at radius 2 is 1.95 bits per heavy atom. The largest absolute Gasteiger partial charge is 0.380 e. The summed E-state index contributed by atoms with van der Waals surface area (Å²) in [5.74, 6) is 0. The van der Waals surface area contributed by atoms with Crippen molar-refractivity contribution in [2.75, 3.05) is 39.5 Å². The molecule has 0 aliphatic carbocycles. The maximum Gasteiger partial charge on any atom is 0.112 e. The third-order valence-corrected chi connectivity index (χ3v) is 4.96. The summed E-state index contributed by atoms with van der Waals surface area (Å²) in [5, 5.41) is 0. The zero-order valence-corrected chi connectivity index (χ0v) is 12.6. The molecule has 1 spiro atoms. The Balaban J connectivity index is 1.49. The van der Waals surface area contributed by atoms with Gasteiger partial charge >= 0.3 is 0 Å². The van der Waals surface area contributed by atoms with Crippen LogP contribution in [0.1, 0.15) is 33.6 Å². The van der Waals surface area contributed by atoms with Crippen molar-refractivity contribution in [3.05, 3.63) is 0 Å². The smallest absolute Gasteiger partial charge is 0.112 e. The third kappa shape index (κ3) is 2.68. The van der Waals surface area contributed by atoms with E-state index in [2.05, 4.69) is 30.6 Å². The standard InChI is InChI=1S/C15H28N2O2/c1-12(2)17-5-4-6-19-14(17)7-13(3)16-8-15(9-16)10-18-11-15/h12-14H,4-11H2,1-3H3. The first-order valence-corrected chi connectivity index (χ1v) is 7.79. The number of likely N-dealkylation sites (tertiary alicyclic amines) is 1. The van der Waals surface area contributed by atoms with Crippen molar-refractivity contribution in [1.29, 1.82) is 0 Å². The minimum Gasteiger partial charge on any atom is -0.380 e. The molecule has 0 bridgehead atoms. The van der Waals surface area contributed by atoms with Crippen LogP contribution in [0.3, 0.4) is 0 Å². The molecular weight excluding hydrogens is 240 g/mol. The van der Waals surface area contributed by atoms with Gasteiger partial charge in [0.25, 0.3) is 0 Å². The summed E-state index contributed by atoms with van der Waals surface area (Å²) in [6.07, 6.45) is 2.63. The van der Waals surface area contributed by atoms with E-state index in [1.165, 1.54) is 26.1 Å². The van der Waals surface area contributed by atoms with Crippen LogP contribution >= 0.6 is 0 Å². The molecular formula is C15H28N2O2. The summed E-state index contributed by atoms with van der Waals surface area (Å²) in [5.41, 5.74) is 0.527. The van der Waals surface area contributed by atoms with Crippen LogP contribution in [0.15, 0.2) is 0 Å². The van der Waals surface area contributed by atoms with E-state index in [1.54, 1.807) is 0 Å². The van der Waals surface area contributed by atoms with Gasteiger partial charge in [-0.05, 0) is 27.2 Å². The van der Waals surface area contributed by atoms with Gasteiger partial charge in [-0.15, -0.1) is 0 Å². The first kappa shape index (κ1) is 13.8. The predicted octanol–water partition coefficient (Wildman–Crippen LogP) is 1.55. The minimum absolute atomic E-state index is 0.318. The lowest BCUT2D eigenvalue weighted by Gasteiger charge is -2.57. The lowest BCUT2D eigenvalue weighted by Crippen LogP contribution is -2.68. The van der Waals surface area contributed by atoms with Crippen LogP contribution in [-0.4, -0.2) is 67.6 Å². The van der Waals surface area contributed by atoms with Crippen LogP contribution in [0.2, 0.25) is 0 Å². The third-order valence-electron chi connectivity index (χ3n) is 4.96. The van der Waals surface area contributed by atoms with E-state index in [1.807, 2.05) is 0 Å². The van der Waals surface area contributed by atoms with Gasteiger partial charge in [-0.3, -0.25) is 9.80 Å². The molecule has 4 heteroatoms. The molecule has 3 aliphatic rings. The van der Waals surface area contributed by atoms with Crippen molar-refractivity contribution in [3.8, 4) is 0 Å². The average Bonchev–Trinajstić information content (AvgIpc) is 2.25. The van der Waals surface area contributed by atoms with Crippen LogP contribution in [0.25, 0.3) is 0 Å². The summed E-state index contributed by atoms with van der Waals surface area (Å²) in [7, 11) is 0. The minimum atomic E-state index is 0.318. The fourth-order valence-electron chi connectivity index (χ4n) is 3.64. The molecule has 4 nitrogen and oxygen atoms in total. The zero-order valence-electron chi connectivity index (χ0n) is 12.6. The van der Waals surface area contributed by atoms with Crippen LogP contribution in [0.4, 0.5) is 0 Å². The summed E-state index contributed by atoms with van der Waals surface area (Å²) in [4.78, 5) is 5.11. The molecule has 19 heavy (non-hydrogen) atoms. The molecule has 3 fully saturated rings. The Morgan fingerprint density at radius 1 is 1.21 bits per heavy atom. The molecule has 3 heterocycles. The highest BCUT2D eigenvalue weighted by molar-refractivity contribution is 5.01. The Morgan fingerprint density at radius 3 is 2.53 bits per heavy atom.